The molecule has 3 aromatic rings. The van der Waals surface area contributed by atoms with Crippen LogP contribution in [0.4, 0.5) is 0 Å². The normalized spacial score (nSPS) is 10.8. The smallest absolute Gasteiger partial charge is 0.340 e. The monoisotopic (exact) mass is 299 g/mol. The first-order chi connectivity index (χ1) is 10.1. The number of hydrogen-bond acceptors (Lipinski definition) is 4. The summed E-state index contributed by atoms with van der Waals surface area (Å²) in [6, 6.07) is 10.6. The number of rotatable bonds is 3. The molecule has 0 bridgehead atoms. The third kappa shape index (κ3) is 2.15. The highest BCUT2D eigenvalue weighted by Crippen LogP contribution is 2.27. The number of ether oxygens (including phenoxy) is 1. The lowest BCUT2D eigenvalue weighted by Crippen LogP contribution is -2.05. The van der Waals surface area contributed by atoms with Gasteiger partial charge in [0.25, 0.3) is 0 Å². The molecule has 0 unspecified atom stereocenters. The van der Waals surface area contributed by atoms with Gasteiger partial charge < -0.3 is 9.14 Å². The second-order valence-corrected chi connectivity index (χ2v) is 5.51. The Kier molecular flexibility index (Phi) is 3.35. The molecule has 0 atom stereocenters. The molecule has 0 N–H and O–H groups in total. The van der Waals surface area contributed by atoms with Gasteiger partial charge in [-0.3, -0.25) is 4.79 Å². The van der Waals surface area contributed by atoms with Crippen molar-refractivity contribution in [3.63, 3.8) is 0 Å². The first kappa shape index (κ1) is 13.6. The number of aromatic nitrogens is 1. The summed E-state index contributed by atoms with van der Waals surface area (Å²) in [6.45, 7) is 1.91. The zero-order valence-electron chi connectivity index (χ0n) is 11.6. The molecule has 0 aliphatic rings. The lowest BCUT2D eigenvalue weighted by atomic mass is 10.1. The number of esters is 1. The number of carbonyl (C=O) groups excluding carboxylic acids is 2. The van der Waals surface area contributed by atoms with E-state index in [2.05, 4.69) is 0 Å². The Bertz CT molecular complexity index is 830. The fourth-order valence-corrected chi connectivity index (χ4v) is 3.32. The zero-order chi connectivity index (χ0) is 15.0. The average Bonchev–Trinajstić information content (AvgIpc) is 3.08. The van der Waals surface area contributed by atoms with E-state index in [4.69, 9.17) is 4.74 Å². The van der Waals surface area contributed by atoms with Crippen molar-refractivity contribution in [1.29, 1.82) is 0 Å². The van der Waals surface area contributed by atoms with Gasteiger partial charge in [-0.05, 0) is 13.0 Å². The van der Waals surface area contributed by atoms with Crippen molar-refractivity contribution in [3.05, 3.63) is 64.3 Å². The number of nitrogens with zero attached hydrogens (tertiary/aromatic N) is 1. The molecule has 2 heterocycles. The molecule has 21 heavy (non-hydrogen) atoms. The number of methoxy groups -OCH3 is 1. The van der Waals surface area contributed by atoms with Crippen molar-refractivity contribution in [2.45, 2.75) is 6.92 Å². The van der Waals surface area contributed by atoms with Crippen LogP contribution in [0, 0.1) is 6.92 Å². The molecule has 3 rings (SSSR count). The van der Waals surface area contributed by atoms with Crippen molar-refractivity contribution in [2.75, 3.05) is 7.11 Å². The predicted octanol–water partition coefficient (Wildman–Crippen LogP) is 3.33. The summed E-state index contributed by atoms with van der Waals surface area (Å²) in [7, 11) is 1.34. The second kappa shape index (κ2) is 5.18. The number of fused-ring (bicyclic) bond motifs is 1. The molecule has 0 spiro atoms. The first-order valence-electron chi connectivity index (χ1n) is 6.41. The van der Waals surface area contributed by atoms with Gasteiger partial charge in [-0.2, -0.15) is 0 Å². The number of aryl methyl sites for hydroxylation is 1. The minimum Gasteiger partial charge on any atom is -0.465 e. The van der Waals surface area contributed by atoms with Crippen LogP contribution in [-0.4, -0.2) is 23.3 Å². The Labute approximate surface area is 125 Å². The van der Waals surface area contributed by atoms with E-state index < -0.39 is 5.97 Å². The van der Waals surface area contributed by atoms with E-state index in [-0.39, 0.29) is 5.78 Å². The minimum atomic E-state index is -0.429. The van der Waals surface area contributed by atoms with Gasteiger partial charge in [0.05, 0.1) is 18.4 Å². The number of carbonyl (C=O) groups is 2. The molecule has 0 aliphatic carbocycles. The fraction of sp³-hybridized carbons (Fsp3) is 0.125. The Hall–Kier alpha value is -2.40. The van der Waals surface area contributed by atoms with Crippen molar-refractivity contribution in [1.82, 2.24) is 4.40 Å². The quantitative estimate of drug-likeness (QED) is 0.550. The summed E-state index contributed by atoms with van der Waals surface area (Å²) in [5.74, 6) is -0.538. The summed E-state index contributed by atoms with van der Waals surface area (Å²) < 4.78 is 6.61. The summed E-state index contributed by atoms with van der Waals surface area (Å²) >= 11 is 1.43. The van der Waals surface area contributed by atoms with E-state index in [9.17, 15) is 9.59 Å². The molecular weight excluding hydrogens is 286 g/mol. The molecule has 0 saturated carbocycles. The van der Waals surface area contributed by atoms with E-state index >= 15 is 0 Å². The Balaban J connectivity index is 2.21. The van der Waals surface area contributed by atoms with E-state index in [1.54, 1.807) is 18.2 Å². The van der Waals surface area contributed by atoms with Crippen LogP contribution in [-0.2, 0) is 4.74 Å². The van der Waals surface area contributed by atoms with Crippen LogP contribution < -0.4 is 0 Å². The lowest BCUT2D eigenvalue weighted by molar-refractivity contribution is 0.0603. The Morgan fingerprint density at radius 3 is 2.57 bits per heavy atom. The number of hydrogen-bond donors (Lipinski definition) is 0. The van der Waals surface area contributed by atoms with Crippen LogP contribution in [0.5, 0.6) is 0 Å². The maximum Gasteiger partial charge on any atom is 0.340 e. The van der Waals surface area contributed by atoms with Crippen molar-refractivity contribution in [3.8, 4) is 0 Å². The number of thiazole rings is 1. The summed E-state index contributed by atoms with van der Waals surface area (Å²) in [5.41, 5.74) is 2.42. The molecule has 0 radical (unpaired) electrons. The van der Waals surface area contributed by atoms with Crippen molar-refractivity contribution >= 4 is 27.9 Å². The Morgan fingerprint density at radius 1 is 1.19 bits per heavy atom. The zero-order valence-corrected chi connectivity index (χ0v) is 12.4. The second-order valence-electron chi connectivity index (χ2n) is 4.65. The highest BCUT2D eigenvalue weighted by atomic mass is 32.1. The molecular formula is C16H13NO3S. The standard InChI is InChI=1S/C16H13NO3S/c1-10-9-21-15-12(16(19)20-2)8-13(17(10)15)14(18)11-6-4-3-5-7-11/h3-9H,1-2H3. The van der Waals surface area contributed by atoms with Gasteiger partial charge in [0.2, 0.25) is 5.78 Å². The van der Waals surface area contributed by atoms with Gasteiger partial charge in [-0.25, -0.2) is 4.79 Å². The molecule has 2 aromatic heterocycles. The molecule has 0 fully saturated rings. The van der Waals surface area contributed by atoms with Gasteiger partial charge in [-0.15, -0.1) is 11.3 Å². The SMILES string of the molecule is COC(=O)c1cc(C(=O)c2ccccc2)n2c(C)csc12. The summed E-state index contributed by atoms with van der Waals surface area (Å²) in [4.78, 5) is 25.3. The topological polar surface area (TPSA) is 47.8 Å². The number of ketones is 1. The van der Waals surface area contributed by atoms with E-state index in [0.717, 1.165) is 10.5 Å². The third-order valence-corrected chi connectivity index (χ3v) is 4.41. The van der Waals surface area contributed by atoms with Gasteiger partial charge in [0, 0.05) is 16.6 Å². The van der Waals surface area contributed by atoms with E-state index in [0.29, 0.717) is 16.8 Å². The molecule has 1 aromatic carbocycles. The molecule has 4 nitrogen and oxygen atoms in total. The predicted molar refractivity (Wildman–Crippen MR) is 81.2 cm³/mol. The summed E-state index contributed by atoms with van der Waals surface area (Å²) in [5, 5.41) is 1.92. The highest BCUT2D eigenvalue weighted by molar-refractivity contribution is 7.16. The highest BCUT2D eigenvalue weighted by Gasteiger charge is 2.23. The van der Waals surface area contributed by atoms with E-state index in [1.807, 2.05) is 34.9 Å². The minimum absolute atomic E-state index is 0.109. The van der Waals surface area contributed by atoms with Crippen molar-refractivity contribution < 1.29 is 14.3 Å². The van der Waals surface area contributed by atoms with Crippen molar-refractivity contribution in [2.24, 2.45) is 0 Å². The third-order valence-electron chi connectivity index (χ3n) is 3.32. The van der Waals surface area contributed by atoms with Gasteiger partial charge in [0.15, 0.2) is 0 Å². The molecule has 5 heteroatoms. The largest absolute Gasteiger partial charge is 0.465 e. The van der Waals surface area contributed by atoms with Gasteiger partial charge >= 0.3 is 5.97 Å². The maximum atomic E-state index is 12.7. The molecule has 0 saturated heterocycles. The van der Waals surface area contributed by atoms with Crippen LogP contribution in [0.25, 0.3) is 4.83 Å². The fourth-order valence-electron chi connectivity index (χ4n) is 2.31. The van der Waals surface area contributed by atoms with Crippen LogP contribution in [0.1, 0.15) is 32.1 Å². The molecule has 106 valence electrons. The first-order valence-corrected chi connectivity index (χ1v) is 7.29. The van der Waals surface area contributed by atoms with Gasteiger partial charge in [0.1, 0.15) is 4.83 Å². The average molecular weight is 299 g/mol. The van der Waals surface area contributed by atoms with Crippen LogP contribution in [0.2, 0.25) is 0 Å². The van der Waals surface area contributed by atoms with Gasteiger partial charge in [-0.1, -0.05) is 30.3 Å². The van der Waals surface area contributed by atoms with Crippen LogP contribution >= 0.6 is 11.3 Å². The Morgan fingerprint density at radius 2 is 1.90 bits per heavy atom. The molecule has 0 amide bonds. The van der Waals surface area contributed by atoms with Crippen LogP contribution in [0.3, 0.4) is 0 Å². The molecule has 0 aliphatic heterocycles. The number of benzene rings is 1. The maximum absolute atomic E-state index is 12.7. The summed E-state index contributed by atoms with van der Waals surface area (Å²) in [6.07, 6.45) is 0. The lowest BCUT2D eigenvalue weighted by Gasteiger charge is -2.01. The van der Waals surface area contributed by atoms with Crippen LogP contribution in [0.15, 0.2) is 41.8 Å². The van der Waals surface area contributed by atoms with E-state index in [1.165, 1.54) is 18.4 Å².